The van der Waals surface area contributed by atoms with E-state index in [1.54, 1.807) is 24.3 Å². The third-order valence-electron chi connectivity index (χ3n) is 4.20. The fourth-order valence-electron chi connectivity index (χ4n) is 2.89. The molecule has 2 aromatic carbocycles. The smallest absolute Gasteiger partial charge is 0.338 e. The zero-order valence-electron chi connectivity index (χ0n) is 14.5. The second-order valence-electron chi connectivity index (χ2n) is 6.09. The highest BCUT2D eigenvalue weighted by Gasteiger charge is 2.35. The van der Waals surface area contributed by atoms with E-state index in [9.17, 15) is 27.6 Å². The number of halogens is 3. The van der Waals surface area contributed by atoms with Crippen LogP contribution in [0.5, 0.6) is 0 Å². The van der Waals surface area contributed by atoms with Crippen LogP contribution in [-0.2, 0) is 6.18 Å². The van der Waals surface area contributed by atoms with Crippen molar-refractivity contribution < 1.29 is 27.6 Å². The molecule has 2 N–H and O–H groups in total. The molecule has 146 valence electrons. The summed E-state index contributed by atoms with van der Waals surface area (Å²) in [6.07, 6.45) is -4.32. The van der Waals surface area contributed by atoms with E-state index < -0.39 is 29.6 Å². The highest BCUT2D eigenvalue weighted by molar-refractivity contribution is 6.21. The summed E-state index contributed by atoms with van der Waals surface area (Å²) in [7, 11) is 0. The van der Waals surface area contributed by atoms with Crippen LogP contribution in [0.15, 0.2) is 48.5 Å². The Balaban J connectivity index is 1.50. The Kier molecular flexibility index (Phi) is 5.34. The standard InChI is InChI=1S/C19H16F3N3O3/c20-19(21,22)14-8-3-4-9-15(14)24-18(28)23-10-5-11-25-16(26)12-6-1-2-7-13(12)17(25)27/h1-4,6-9H,5,10-11H2,(H2,23,24,28). The summed E-state index contributed by atoms with van der Waals surface area (Å²) in [5, 5.41) is 4.58. The molecule has 0 saturated carbocycles. The molecule has 1 aliphatic heterocycles. The van der Waals surface area contributed by atoms with Gasteiger partial charge in [-0.3, -0.25) is 14.5 Å². The summed E-state index contributed by atoms with van der Waals surface area (Å²) in [5.41, 5.74) is -0.632. The van der Waals surface area contributed by atoms with Crippen molar-refractivity contribution in [2.24, 2.45) is 0 Å². The monoisotopic (exact) mass is 391 g/mol. The molecule has 4 amide bonds. The van der Waals surface area contributed by atoms with Crippen LogP contribution in [0.4, 0.5) is 23.7 Å². The Hall–Kier alpha value is -3.36. The largest absolute Gasteiger partial charge is 0.418 e. The predicted molar refractivity (Wildman–Crippen MR) is 94.9 cm³/mol. The van der Waals surface area contributed by atoms with E-state index in [1.807, 2.05) is 0 Å². The Morgan fingerprint density at radius 3 is 2.11 bits per heavy atom. The van der Waals surface area contributed by atoms with Crippen molar-refractivity contribution >= 4 is 23.5 Å². The lowest BCUT2D eigenvalue weighted by Crippen LogP contribution is -2.35. The van der Waals surface area contributed by atoms with Crippen LogP contribution in [0.3, 0.4) is 0 Å². The number of para-hydroxylation sites is 1. The minimum Gasteiger partial charge on any atom is -0.338 e. The topological polar surface area (TPSA) is 78.5 Å². The number of hydrogen-bond donors (Lipinski definition) is 2. The summed E-state index contributed by atoms with van der Waals surface area (Å²) < 4.78 is 38.8. The van der Waals surface area contributed by atoms with Crippen LogP contribution in [0.25, 0.3) is 0 Å². The van der Waals surface area contributed by atoms with Crippen molar-refractivity contribution in [1.82, 2.24) is 10.2 Å². The molecule has 6 nitrogen and oxygen atoms in total. The fraction of sp³-hybridized carbons (Fsp3) is 0.211. The molecule has 3 rings (SSSR count). The number of nitrogens with zero attached hydrogens (tertiary/aromatic N) is 1. The van der Waals surface area contributed by atoms with Crippen LogP contribution in [-0.4, -0.2) is 35.8 Å². The third kappa shape index (κ3) is 3.98. The first-order valence-corrected chi connectivity index (χ1v) is 8.45. The molecule has 0 aromatic heterocycles. The quantitative estimate of drug-likeness (QED) is 0.605. The molecule has 0 bridgehead atoms. The number of carbonyl (C=O) groups excluding carboxylic acids is 3. The van der Waals surface area contributed by atoms with Gasteiger partial charge in [0.05, 0.1) is 22.4 Å². The van der Waals surface area contributed by atoms with Gasteiger partial charge in [-0.15, -0.1) is 0 Å². The summed E-state index contributed by atoms with van der Waals surface area (Å²) in [4.78, 5) is 37.4. The van der Waals surface area contributed by atoms with Crippen molar-refractivity contribution in [3.8, 4) is 0 Å². The molecule has 0 atom stereocenters. The van der Waals surface area contributed by atoms with Crippen molar-refractivity contribution in [1.29, 1.82) is 0 Å². The second kappa shape index (κ2) is 7.71. The number of hydrogen-bond acceptors (Lipinski definition) is 3. The van der Waals surface area contributed by atoms with E-state index in [1.165, 1.54) is 12.1 Å². The van der Waals surface area contributed by atoms with E-state index in [0.717, 1.165) is 17.0 Å². The lowest BCUT2D eigenvalue weighted by Gasteiger charge is -2.15. The SMILES string of the molecule is O=C(NCCCN1C(=O)c2ccccc2C1=O)Nc1ccccc1C(F)(F)F. The Labute approximate surface area is 158 Å². The number of amides is 4. The average Bonchev–Trinajstić information content (AvgIpc) is 2.90. The molecule has 0 aliphatic carbocycles. The lowest BCUT2D eigenvalue weighted by atomic mass is 10.1. The van der Waals surface area contributed by atoms with E-state index >= 15 is 0 Å². The zero-order chi connectivity index (χ0) is 20.3. The summed E-state index contributed by atoms with van der Waals surface area (Å²) >= 11 is 0. The van der Waals surface area contributed by atoms with E-state index in [0.29, 0.717) is 11.1 Å². The number of urea groups is 1. The van der Waals surface area contributed by atoms with Gasteiger partial charge in [0, 0.05) is 13.1 Å². The summed E-state index contributed by atoms with van der Waals surface area (Å²) in [6, 6.07) is 10.3. The summed E-state index contributed by atoms with van der Waals surface area (Å²) in [5.74, 6) is -0.798. The van der Waals surface area contributed by atoms with Gasteiger partial charge >= 0.3 is 12.2 Å². The second-order valence-corrected chi connectivity index (χ2v) is 6.09. The predicted octanol–water partition coefficient (Wildman–Crippen LogP) is 3.51. The van der Waals surface area contributed by atoms with E-state index in [2.05, 4.69) is 10.6 Å². The number of anilines is 1. The number of fused-ring (bicyclic) bond motifs is 1. The van der Waals surface area contributed by atoms with Gasteiger partial charge in [-0.1, -0.05) is 24.3 Å². The zero-order valence-corrected chi connectivity index (χ0v) is 14.5. The number of rotatable bonds is 5. The molecule has 0 fully saturated rings. The molecule has 2 aromatic rings. The highest BCUT2D eigenvalue weighted by atomic mass is 19.4. The summed E-state index contributed by atoms with van der Waals surface area (Å²) in [6.45, 7) is 0.166. The van der Waals surface area contributed by atoms with Gasteiger partial charge in [0.25, 0.3) is 11.8 Å². The van der Waals surface area contributed by atoms with Crippen molar-refractivity contribution in [3.63, 3.8) is 0 Å². The first-order valence-electron chi connectivity index (χ1n) is 8.45. The molecule has 0 radical (unpaired) electrons. The minimum atomic E-state index is -4.59. The maximum Gasteiger partial charge on any atom is 0.418 e. The molecular weight excluding hydrogens is 375 g/mol. The van der Waals surface area contributed by atoms with Crippen LogP contribution in [0.1, 0.15) is 32.7 Å². The van der Waals surface area contributed by atoms with Gasteiger partial charge in [0.15, 0.2) is 0 Å². The molecule has 0 unspecified atom stereocenters. The lowest BCUT2D eigenvalue weighted by molar-refractivity contribution is -0.136. The molecular formula is C19H16F3N3O3. The minimum absolute atomic E-state index is 0.0768. The van der Waals surface area contributed by atoms with E-state index in [-0.39, 0.29) is 25.2 Å². The maximum absolute atomic E-state index is 12.9. The van der Waals surface area contributed by atoms with Gasteiger partial charge in [-0.05, 0) is 30.7 Å². The third-order valence-corrected chi connectivity index (χ3v) is 4.20. The molecule has 9 heteroatoms. The average molecular weight is 391 g/mol. The van der Waals surface area contributed by atoms with Gasteiger partial charge in [0.1, 0.15) is 0 Å². The Morgan fingerprint density at radius 1 is 0.929 bits per heavy atom. The Morgan fingerprint density at radius 2 is 1.50 bits per heavy atom. The first kappa shape index (κ1) is 19.4. The van der Waals surface area contributed by atoms with E-state index in [4.69, 9.17) is 0 Å². The number of nitrogens with one attached hydrogen (secondary N) is 2. The number of alkyl halides is 3. The van der Waals surface area contributed by atoms with Gasteiger partial charge < -0.3 is 10.6 Å². The van der Waals surface area contributed by atoms with Crippen LogP contribution < -0.4 is 10.6 Å². The Bertz CT molecular complexity index is 893. The molecule has 0 spiro atoms. The van der Waals surface area contributed by atoms with Crippen LogP contribution in [0, 0.1) is 0 Å². The molecule has 1 aliphatic rings. The van der Waals surface area contributed by atoms with Gasteiger partial charge in [0.2, 0.25) is 0 Å². The first-order chi connectivity index (χ1) is 13.3. The number of benzene rings is 2. The maximum atomic E-state index is 12.9. The normalized spacial score (nSPS) is 13.5. The van der Waals surface area contributed by atoms with Crippen LogP contribution in [0.2, 0.25) is 0 Å². The highest BCUT2D eigenvalue weighted by Crippen LogP contribution is 2.34. The van der Waals surface area contributed by atoms with Crippen LogP contribution >= 0.6 is 0 Å². The van der Waals surface area contributed by atoms with Crippen molar-refractivity contribution in [2.75, 3.05) is 18.4 Å². The van der Waals surface area contributed by atoms with Crippen molar-refractivity contribution in [2.45, 2.75) is 12.6 Å². The molecule has 0 saturated heterocycles. The fourth-order valence-corrected chi connectivity index (χ4v) is 2.89. The van der Waals surface area contributed by atoms with Gasteiger partial charge in [-0.2, -0.15) is 13.2 Å². The molecule has 28 heavy (non-hydrogen) atoms. The number of carbonyl (C=O) groups is 3. The molecule has 1 heterocycles. The van der Waals surface area contributed by atoms with Gasteiger partial charge in [-0.25, -0.2) is 4.79 Å². The van der Waals surface area contributed by atoms with Crippen molar-refractivity contribution in [3.05, 3.63) is 65.2 Å². The number of imide groups is 1.